The number of carbonyl (C=O) groups is 2. The van der Waals surface area contributed by atoms with Gasteiger partial charge in [0.05, 0.1) is 12.7 Å². The molecule has 0 fully saturated rings. The van der Waals surface area contributed by atoms with E-state index in [1.165, 1.54) is 18.2 Å². The normalized spacial score (nSPS) is 15.2. The van der Waals surface area contributed by atoms with Crippen LogP contribution in [0.3, 0.4) is 0 Å². The van der Waals surface area contributed by atoms with Crippen LogP contribution in [0.5, 0.6) is 11.5 Å². The van der Waals surface area contributed by atoms with Gasteiger partial charge < -0.3 is 19.7 Å². The van der Waals surface area contributed by atoms with Gasteiger partial charge in [-0.3, -0.25) is 9.59 Å². The number of ketones is 1. The van der Waals surface area contributed by atoms with Crippen molar-refractivity contribution < 1.29 is 33.7 Å². The molecule has 0 aliphatic carbocycles. The van der Waals surface area contributed by atoms with Crippen LogP contribution >= 0.6 is 0 Å². The fourth-order valence-corrected chi connectivity index (χ4v) is 4.52. The molecule has 2 N–H and O–H groups in total. The van der Waals surface area contributed by atoms with E-state index >= 15 is 0 Å². The van der Waals surface area contributed by atoms with E-state index < -0.39 is 35.7 Å². The van der Waals surface area contributed by atoms with Crippen molar-refractivity contribution >= 4 is 17.8 Å². The van der Waals surface area contributed by atoms with Gasteiger partial charge in [0.2, 0.25) is 0 Å². The SMILES string of the molecule is CCOC(=O)CC(=O)CC(O)C=Cc1c(-c2ccc(F)cc2)c(O)c2c(c1C(C)C)CC(C)(C)O2. The smallest absolute Gasteiger partial charge is 0.313 e. The Morgan fingerprint density at radius 3 is 2.49 bits per heavy atom. The van der Waals surface area contributed by atoms with Gasteiger partial charge in [0, 0.05) is 24.0 Å². The van der Waals surface area contributed by atoms with Crippen LogP contribution in [-0.4, -0.2) is 40.3 Å². The summed E-state index contributed by atoms with van der Waals surface area (Å²) < 4.78 is 24.5. The molecule has 6 nitrogen and oxygen atoms in total. The standard InChI is InChI=1S/C28H33FO6/c1-6-34-23(32)14-20(31)13-19(30)11-12-21-24(16(2)3)22-15-28(4,5)35-27(22)26(33)25(21)17-7-9-18(29)10-8-17/h7-12,16,19,30,33H,6,13-15H2,1-5H3. The molecule has 0 aromatic heterocycles. The highest BCUT2D eigenvalue weighted by Gasteiger charge is 2.37. The van der Waals surface area contributed by atoms with E-state index in [4.69, 9.17) is 9.47 Å². The topological polar surface area (TPSA) is 93.1 Å². The number of aliphatic hydroxyl groups excluding tert-OH is 1. The van der Waals surface area contributed by atoms with E-state index in [2.05, 4.69) is 0 Å². The first-order valence-electron chi connectivity index (χ1n) is 11.8. The van der Waals surface area contributed by atoms with Gasteiger partial charge in [-0.1, -0.05) is 38.1 Å². The molecule has 1 atom stereocenters. The zero-order valence-electron chi connectivity index (χ0n) is 20.9. The summed E-state index contributed by atoms with van der Waals surface area (Å²) in [6, 6.07) is 5.80. The van der Waals surface area contributed by atoms with Gasteiger partial charge >= 0.3 is 5.97 Å². The van der Waals surface area contributed by atoms with Gasteiger partial charge in [-0.05, 0) is 55.5 Å². The Hall–Kier alpha value is -3.19. The number of Topliss-reactive ketones (excluding diaryl/α,β-unsaturated/α-hetero) is 1. The average Bonchev–Trinajstić information content (AvgIpc) is 3.08. The average molecular weight is 485 g/mol. The fourth-order valence-electron chi connectivity index (χ4n) is 4.52. The number of aliphatic hydroxyl groups is 1. The number of halogens is 1. The lowest BCUT2D eigenvalue weighted by atomic mass is 9.83. The van der Waals surface area contributed by atoms with Crippen molar-refractivity contribution in [2.24, 2.45) is 0 Å². The molecular weight excluding hydrogens is 451 g/mol. The summed E-state index contributed by atoms with van der Waals surface area (Å²) in [7, 11) is 0. The van der Waals surface area contributed by atoms with Crippen LogP contribution < -0.4 is 4.74 Å². The number of aromatic hydroxyl groups is 1. The predicted molar refractivity (Wildman–Crippen MR) is 132 cm³/mol. The van der Waals surface area contributed by atoms with Crippen LogP contribution in [0.2, 0.25) is 0 Å². The van der Waals surface area contributed by atoms with Crippen LogP contribution in [0, 0.1) is 5.82 Å². The maximum atomic E-state index is 13.6. The number of phenolic OH excluding ortho intramolecular Hbond substituents is 1. The number of carbonyl (C=O) groups excluding carboxylic acids is 2. The molecule has 3 rings (SSSR count). The minimum absolute atomic E-state index is 0.0447. The summed E-state index contributed by atoms with van der Waals surface area (Å²) in [4.78, 5) is 23.7. The van der Waals surface area contributed by atoms with Gasteiger partial charge in [0.1, 0.15) is 23.6 Å². The number of rotatable bonds is 9. The third kappa shape index (κ3) is 6.09. The zero-order chi connectivity index (χ0) is 25.9. The van der Waals surface area contributed by atoms with E-state index in [0.29, 0.717) is 28.9 Å². The molecule has 0 spiro atoms. The highest BCUT2D eigenvalue weighted by Crippen LogP contribution is 2.52. The summed E-state index contributed by atoms with van der Waals surface area (Å²) in [5.74, 6) is -1.04. The zero-order valence-corrected chi connectivity index (χ0v) is 20.9. The van der Waals surface area contributed by atoms with Gasteiger partial charge in [-0.15, -0.1) is 0 Å². The number of hydrogen-bond acceptors (Lipinski definition) is 6. The van der Waals surface area contributed by atoms with E-state index in [-0.39, 0.29) is 24.7 Å². The molecule has 0 bridgehead atoms. The highest BCUT2D eigenvalue weighted by atomic mass is 19.1. The van der Waals surface area contributed by atoms with Gasteiger partial charge in [0.25, 0.3) is 0 Å². The second-order valence-electron chi connectivity index (χ2n) is 9.71. The Labute approximate surface area is 205 Å². The lowest BCUT2D eigenvalue weighted by Crippen LogP contribution is -2.24. The first kappa shape index (κ1) is 26.4. The van der Waals surface area contributed by atoms with Crippen molar-refractivity contribution in [1.82, 2.24) is 0 Å². The number of hydrogen-bond donors (Lipinski definition) is 2. The van der Waals surface area contributed by atoms with Crippen molar-refractivity contribution in [1.29, 1.82) is 0 Å². The largest absolute Gasteiger partial charge is 0.504 e. The Morgan fingerprint density at radius 2 is 1.89 bits per heavy atom. The molecule has 1 unspecified atom stereocenters. The van der Waals surface area contributed by atoms with Crippen LogP contribution in [0.25, 0.3) is 17.2 Å². The molecule has 2 aromatic carbocycles. The maximum Gasteiger partial charge on any atom is 0.313 e. The second kappa shape index (κ2) is 10.6. The van der Waals surface area contributed by atoms with Crippen molar-refractivity contribution in [2.45, 2.75) is 71.5 Å². The molecule has 2 aromatic rings. The number of phenols is 1. The van der Waals surface area contributed by atoms with Gasteiger partial charge in [0.15, 0.2) is 11.5 Å². The highest BCUT2D eigenvalue weighted by molar-refractivity contribution is 5.96. The van der Waals surface area contributed by atoms with Crippen molar-refractivity contribution in [3.05, 3.63) is 52.8 Å². The summed E-state index contributed by atoms with van der Waals surface area (Å²) >= 11 is 0. The molecule has 0 saturated heterocycles. The molecule has 7 heteroatoms. The predicted octanol–water partition coefficient (Wildman–Crippen LogP) is 5.32. The third-order valence-electron chi connectivity index (χ3n) is 5.87. The Bertz CT molecular complexity index is 1130. The number of esters is 1. The molecule has 0 radical (unpaired) electrons. The number of fused-ring (bicyclic) bond motifs is 1. The Kier molecular flexibility index (Phi) is 8.00. The van der Waals surface area contributed by atoms with Crippen LogP contribution in [0.1, 0.15) is 70.1 Å². The van der Waals surface area contributed by atoms with Crippen molar-refractivity contribution in [3.8, 4) is 22.6 Å². The molecule has 1 heterocycles. The minimum Gasteiger partial charge on any atom is -0.504 e. The van der Waals surface area contributed by atoms with Crippen LogP contribution in [0.15, 0.2) is 30.3 Å². The van der Waals surface area contributed by atoms with Crippen molar-refractivity contribution in [2.75, 3.05) is 6.61 Å². The summed E-state index contributed by atoms with van der Waals surface area (Å²) in [6.07, 6.45) is 1.97. The summed E-state index contributed by atoms with van der Waals surface area (Å²) in [5, 5.41) is 21.8. The molecule has 0 amide bonds. The van der Waals surface area contributed by atoms with E-state index in [1.54, 1.807) is 25.1 Å². The maximum absolute atomic E-state index is 13.6. The van der Waals surface area contributed by atoms with Crippen molar-refractivity contribution in [3.63, 3.8) is 0 Å². The number of ether oxygens (including phenoxy) is 2. The second-order valence-corrected chi connectivity index (χ2v) is 9.71. The molecule has 1 aliphatic heterocycles. The quantitative estimate of drug-likeness (QED) is 0.370. The van der Waals surface area contributed by atoms with Gasteiger partial charge in [-0.2, -0.15) is 0 Å². The molecule has 35 heavy (non-hydrogen) atoms. The first-order chi connectivity index (χ1) is 16.4. The fraction of sp³-hybridized carbons (Fsp3) is 0.429. The molecule has 188 valence electrons. The number of benzene rings is 2. The molecular formula is C28H33FO6. The van der Waals surface area contributed by atoms with E-state index in [9.17, 15) is 24.2 Å². The van der Waals surface area contributed by atoms with E-state index in [0.717, 1.165) is 11.1 Å². The third-order valence-corrected chi connectivity index (χ3v) is 5.87. The lowest BCUT2D eigenvalue weighted by Gasteiger charge is -2.21. The van der Waals surface area contributed by atoms with E-state index in [1.807, 2.05) is 27.7 Å². The summed E-state index contributed by atoms with van der Waals surface area (Å²) in [5.41, 5.74) is 3.05. The summed E-state index contributed by atoms with van der Waals surface area (Å²) in [6.45, 7) is 9.79. The Morgan fingerprint density at radius 1 is 1.23 bits per heavy atom. The monoisotopic (exact) mass is 484 g/mol. The van der Waals surface area contributed by atoms with Gasteiger partial charge in [-0.25, -0.2) is 4.39 Å². The lowest BCUT2D eigenvalue weighted by molar-refractivity contribution is -0.145. The first-order valence-corrected chi connectivity index (χ1v) is 11.8. The Balaban J connectivity index is 2.07. The molecule has 1 aliphatic rings. The minimum atomic E-state index is -1.14. The molecule has 0 saturated carbocycles. The van der Waals surface area contributed by atoms with Crippen LogP contribution in [-0.2, 0) is 20.7 Å². The van der Waals surface area contributed by atoms with Crippen LogP contribution in [0.4, 0.5) is 4.39 Å².